The molecule has 1 atom stereocenters. The largest absolute Gasteiger partial charge is 0.497 e. The number of unbranched alkanes of at least 4 members (excludes halogenated alkanes) is 1. The van der Waals surface area contributed by atoms with Gasteiger partial charge in [0.15, 0.2) is 0 Å². The lowest BCUT2D eigenvalue weighted by Gasteiger charge is -2.19. The van der Waals surface area contributed by atoms with Crippen molar-refractivity contribution in [3.63, 3.8) is 0 Å². The molecule has 1 aromatic rings. The number of rotatable bonds is 12. The summed E-state index contributed by atoms with van der Waals surface area (Å²) < 4.78 is 42.6. The zero-order chi connectivity index (χ0) is 22.0. The molecular formula is C21H31NO7S. The molecule has 1 N–H and O–H groups in total. The highest BCUT2D eigenvalue weighted by Gasteiger charge is 2.30. The van der Waals surface area contributed by atoms with Crippen LogP contribution in [0.4, 0.5) is 0 Å². The Kier molecular flexibility index (Phi) is 9.58. The van der Waals surface area contributed by atoms with E-state index < -0.39 is 34.4 Å². The van der Waals surface area contributed by atoms with Crippen molar-refractivity contribution >= 4 is 22.0 Å². The number of benzene rings is 1. The van der Waals surface area contributed by atoms with Crippen LogP contribution in [0.25, 0.3) is 0 Å². The van der Waals surface area contributed by atoms with Gasteiger partial charge in [-0.1, -0.05) is 25.5 Å². The van der Waals surface area contributed by atoms with Gasteiger partial charge in [-0.3, -0.25) is 9.59 Å². The topological polar surface area (TPSA) is 108 Å². The molecule has 1 aliphatic carbocycles. The Labute approximate surface area is 178 Å². The summed E-state index contributed by atoms with van der Waals surface area (Å²) in [5.41, 5.74) is 0.713. The molecule has 0 radical (unpaired) electrons. The van der Waals surface area contributed by atoms with E-state index in [9.17, 15) is 18.0 Å². The Balaban J connectivity index is 1.99. The maximum Gasteiger partial charge on any atom is 0.325 e. The van der Waals surface area contributed by atoms with E-state index in [0.717, 1.165) is 25.7 Å². The number of esters is 2. The normalized spacial score (nSPS) is 15.5. The summed E-state index contributed by atoms with van der Waals surface area (Å²) in [6, 6.07) is 5.61. The van der Waals surface area contributed by atoms with Crippen LogP contribution in [0.1, 0.15) is 57.4 Å². The van der Waals surface area contributed by atoms with Crippen LogP contribution in [0.5, 0.6) is 5.75 Å². The molecule has 0 heterocycles. The average molecular weight is 442 g/mol. The minimum Gasteiger partial charge on any atom is -0.497 e. The van der Waals surface area contributed by atoms with Gasteiger partial charge in [0.05, 0.1) is 19.3 Å². The Bertz CT molecular complexity index is 786. The molecule has 2 rings (SSSR count). The van der Waals surface area contributed by atoms with Crippen LogP contribution >= 0.6 is 0 Å². The van der Waals surface area contributed by atoms with Crippen LogP contribution in [0.3, 0.4) is 0 Å². The minimum atomic E-state index is -3.73. The summed E-state index contributed by atoms with van der Waals surface area (Å²) in [4.78, 5) is 24.9. The van der Waals surface area contributed by atoms with Crippen LogP contribution in [-0.2, 0) is 35.7 Å². The predicted octanol–water partition coefficient (Wildman–Crippen LogP) is 2.70. The summed E-state index contributed by atoms with van der Waals surface area (Å²) in [6.45, 7) is 1.82. The highest BCUT2D eigenvalue weighted by atomic mass is 32.2. The van der Waals surface area contributed by atoms with Crippen LogP contribution in [0.15, 0.2) is 24.3 Å². The molecule has 1 aromatic carbocycles. The standard InChI is InChI=1S/C21H31NO7S/c1-3-4-13-30(25,26)22-19(14-20(23)29-18-7-5-6-8-18)21(24)28-15-16-9-11-17(27-2)12-10-16/h9-12,18-19,22H,3-8,13-15H2,1-2H3/t19-/m0/s1. The number of carbonyl (C=O) groups excluding carboxylic acids is 2. The molecule has 0 aromatic heterocycles. The Hall–Kier alpha value is -2.13. The van der Waals surface area contributed by atoms with E-state index in [0.29, 0.717) is 24.2 Å². The van der Waals surface area contributed by atoms with Crippen molar-refractivity contribution < 1.29 is 32.2 Å². The molecule has 168 valence electrons. The van der Waals surface area contributed by atoms with Crippen LogP contribution < -0.4 is 9.46 Å². The first kappa shape index (κ1) is 24.1. The summed E-state index contributed by atoms with van der Waals surface area (Å²) in [6.07, 6.45) is 4.16. The van der Waals surface area contributed by atoms with Crippen molar-refractivity contribution in [1.82, 2.24) is 4.72 Å². The maximum absolute atomic E-state index is 12.6. The number of nitrogens with one attached hydrogen (secondary N) is 1. The molecule has 0 spiro atoms. The van der Waals surface area contributed by atoms with Gasteiger partial charge in [-0.2, -0.15) is 0 Å². The number of hydrogen-bond acceptors (Lipinski definition) is 7. The maximum atomic E-state index is 12.6. The molecule has 1 fully saturated rings. The smallest absolute Gasteiger partial charge is 0.325 e. The lowest BCUT2D eigenvalue weighted by atomic mass is 10.2. The van der Waals surface area contributed by atoms with Crippen LogP contribution in [-0.4, -0.2) is 45.4 Å². The molecule has 0 saturated heterocycles. The fourth-order valence-electron chi connectivity index (χ4n) is 3.17. The van der Waals surface area contributed by atoms with E-state index >= 15 is 0 Å². The quantitative estimate of drug-likeness (QED) is 0.497. The summed E-state index contributed by atoms with van der Waals surface area (Å²) in [7, 11) is -2.18. The summed E-state index contributed by atoms with van der Waals surface area (Å²) in [5.74, 6) is -0.870. The molecule has 0 aliphatic heterocycles. The molecule has 30 heavy (non-hydrogen) atoms. The fourth-order valence-corrected chi connectivity index (χ4v) is 4.57. The van der Waals surface area contributed by atoms with E-state index in [1.807, 2.05) is 6.92 Å². The first-order valence-corrected chi connectivity index (χ1v) is 12.0. The monoisotopic (exact) mass is 441 g/mol. The van der Waals surface area contributed by atoms with Crippen LogP contribution in [0, 0.1) is 0 Å². The number of ether oxygens (including phenoxy) is 3. The molecule has 0 amide bonds. The third-order valence-electron chi connectivity index (χ3n) is 4.88. The number of hydrogen-bond donors (Lipinski definition) is 1. The Morgan fingerprint density at radius 1 is 1.17 bits per heavy atom. The molecule has 0 bridgehead atoms. The third kappa shape index (κ3) is 8.31. The second-order valence-electron chi connectivity index (χ2n) is 7.40. The number of carbonyl (C=O) groups is 2. The Morgan fingerprint density at radius 3 is 2.43 bits per heavy atom. The minimum absolute atomic E-state index is 0.0479. The van der Waals surface area contributed by atoms with Gasteiger partial charge in [0.2, 0.25) is 10.0 Å². The SMILES string of the molecule is CCCCS(=O)(=O)N[C@@H](CC(=O)OC1CCCC1)C(=O)OCc1ccc(OC)cc1. The molecule has 9 heteroatoms. The van der Waals surface area contributed by atoms with E-state index in [-0.39, 0.29) is 18.5 Å². The second kappa shape index (κ2) is 11.9. The second-order valence-corrected chi connectivity index (χ2v) is 9.27. The van der Waals surface area contributed by atoms with Gasteiger partial charge in [-0.05, 0) is 49.8 Å². The van der Waals surface area contributed by atoms with Gasteiger partial charge in [0, 0.05) is 0 Å². The van der Waals surface area contributed by atoms with Crippen molar-refractivity contribution in [1.29, 1.82) is 0 Å². The van der Waals surface area contributed by atoms with E-state index in [2.05, 4.69) is 4.72 Å². The average Bonchev–Trinajstić information content (AvgIpc) is 3.23. The van der Waals surface area contributed by atoms with Crippen molar-refractivity contribution in [2.24, 2.45) is 0 Å². The van der Waals surface area contributed by atoms with Gasteiger partial charge >= 0.3 is 11.9 Å². The fraction of sp³-hybridized carbons (Fsp3) is 0.619. The predicted molar refractivity (Wildman–Crippen MR) is 111 cm³/mol. The first-order chi connectivity index (χ1) is 14.3. The van der Waals surface area contributed by atoms with Gasteiger partial charge in [-0.15, -0.1) is 0 Å². The highest BCUT2D eigenvalue weighted by molar-refractivity contribution is 7.89. The zero-order valence-electron chi connectivity index (χ0n) is 17.6. The summed E-state index contributed by atoms with van der Waals surface area (Å²) >= 11 is 0. The van der Waals surface area contributed by atoms with Crippen molar-refractivity contribution in [3.8, 4) is 5.75 Å². The lowest BCUT2D eigenvalue weighted by Crippen LogP contribution is -2.44. The van der Waals surface area contributed by atoms with Gasteiger partial charge in [0.25, 0.3) is 0 Å². The molecular weight excluding hydrogens is 410 g/mol. The van der Waals surface area contributed by atoms with E-state index in [1.165, 1.54) is 0 Å². The third-order valence-corrected chi connectivity index (χ3v) is 6.35. The number of sulfonamides is 1. The van der Waals surface area contributed by atoms with Crippen molar-refractivity contribution in [2.45, 2.75) is 70.6 Å². The van der Waals surface area contributed by atoms with Crippen molar-refractivity contribution in [2.75, 3.05) is 12.9 Å². The lowest BCUT2D eigenvalue weighted by molar-refractivity contribution is -0.155. The van der Waals surface area contributed by atoms with Gasteiger partial charge < -0.3 is 14.2 Å². The highest BCUT2D eigenvalue weighted by Crippen LogP contribution is 2.21. The van der Waals surface area contributed by atoms with Gasteiger partial charge in [0.1, 0.15) is 24.5 Å². The van der Waals surface area contributed by atoms with Crippen LogP contribution in [0.2, 0.25) is 0 Å². The molecule has 1 saturated carbocycles. The van der Waals surface area contributed by atoms with Crippen molar-refractivity contribution in [3.05, 3.63) is 29.8 Å². The summed E-state index contributed by atoms with van der Waals surface area (Å²) in [5, 5.41) is 0. The Morgan fingerprint density at radius 2 is 1.83 bits per heavy atom. The molecule has 8 nitrogen and oxygen atoms in total. The molecule has 1 aliphatic rings. The van der Waals surface area contributed by atoms with Gasteiger partial charge in [-0.25, -0.2) is 13.1 Å². The molecule has 0 unspecified atom stereocenters. The first-order valence-electron chi connectivity index (χ1n) is 10.3. The zero-order valence-corrected chi connectivity index (χ0v) is 18.4. The van der Waals surface area contributed by atoms with E-state index in [1.54, 1.807) is 31.4 Å². The van der Waals surface area contributed by atoms with E-state index in [4.69, 9.17) is 14.2 Å². The number of methoxy groups -OCH3 is 1.